The van der Waals surface area contributed by atoms with E-state index in [-0.39, 0.29) is 30.6 Å². The molecule has 2 atom stereocenters. The van der Waals surface area contributed by atoms with Crippen LogP contribution in [0, 0.1) is 0 Å². The van der Waals surface area contributed by atoms with Gasteiger partial charge < -0.3 is 9.64 Å². The minimum absolute atomic E-state index is 0.0694. The Labute approximate surface area is 127 Å². The van der Waals surface area contributed by atoms with E-state index in [2.05, 4.69) is 4.98 Å². The number of nitrogens with zero attached hydrogens (tertiary/aromatic N) is 3. The summed E-state index contributed by atoms with van der Waals surface area (Å²) in [5.41, 5.74) is 0.750. The maximum atomic E-state index is 12.4. The van der Waals surface area contributed by atoms with Crippen LogP contribution >= 0.6 is 11.3 Å². The molecule has 21 heavy (non-hydrogen) atoms. The number of carbonyl (C=O) groups excluding carboxylic acids is 2. The second-order valence-corrected chi connectivity index (χ2v) is 6.36. The molecule has 1 aromatic rings. The molecule has 0 saturated carbocycles. The summed E-state index contributed by atoms with van der Waals surface area (Å²) in [5.74, 6) is -0.0750. The van der Waals surface area contributed by atoms with E-state index in [0.29, 0.717) is 6.54 Å². The molecule has 0 aromatic carbocycles. The number of ether oxygens (including phenoxy) is 1. The van der Waals surface area contributed by atoms with Crippen molar-refractivity contribution in [3.63, 3.8) is 0 Å². The third-order valence-electron chi connectivity index (χ3n) is 4.12. The molecule has 2 aliphatic rings. The van der Waals surface area contributed by atoms with Crippen LogP contribution in [0.2, 0.25) is 0 Å². The number of methoxy groups -OCH3 is 1. The van der Waals surface area contributed by atoms with Crippen molar-refractivity contribution in [2.45, 2.75) is 44.9 Å². The second kappa shape index (κ2) is 5.73. The van der Waals surface area contributed by atoms with Crippen LogP contribution in [-0.2, 0) is 16.1 Å². The monoisotopic (exact) mass is 309 g/mol. The fourth-order valence-corrected chi connectivity index (χ4v) is 3.68. The van der Waals surface area contributed by atoms with Gasteiger partial charge in [0.1, 0.15) is 17.2 Å². The van der Waals surface area contributed by atoms with Crippen LogP contribution in [0.5, 0.6) is 0 Å². The summed E-state index contributed by atoms with van der Waals surface area (Å²) in [5, 5.41) is 2.76. The first-order valence-electron chi connectivity index (χ1n) is 7.21. The van der Waals surface area contributed by atoms with Crippen LogP contribution in [0.15, 0.2) is 5.38 Å². The van der Waals surface area contributed by atoms with Gasteiger partial charge in [0.2, 0.25) is 0 Å². The van der Waals surface area contributed by atoms with Crippen molar-refractivity contribution >= 4 is 23.3 Å². The highest BCUT2D eigenvalue weighted by molar-refractivity contribution is 7.09. The molecule has 3 rings (SSSR count). The number of piperidine rings is 1. The van der Waals surface area contributed by atoms with Gasteiger partial charge in [-0.2, -0.15) is 0 Å². The smallest absolute Gasteiger partial charge is 0.327 e. The maximum absolute atomic E-state index is 12.4. The van der Waals surface area contributed by atoms with Gasteiger partial charge in [-0.05, 0) is 26.2 Å². The highest BCUT2D eigenvalue weighted by Gasteiger charge is 2.45. The molecule has 0 N–H and O–H groups in total. The SMILES string of the molecule is CO[C@@H](C)c1nc(CN2C(=O)[C@H]3CCCCN3C2=O)cs1. The van der Waals surface area contributed by atoms with Gasteiger partial charge >= 0.3 is 6.03 Å². The third-order valence-corrected chi connectivity index (χ3v) is 5.18. The summed E-state index contributed by atoms with van der Waals surface area (Å²) in [7, 11) is 1.64. The lowest BCUT2D eigenvalue weighted by Gasteiger charge is -2.26. The number of hydrogen-bond donors (Lipinski definition) is 0. The van der Waals surface area contributed by atoms with Crippen LogP contribution in [-0.4, -0.2) is 46.4 Å². The molecule has 3 amide bonds. The van der Waals surface area contributed by atoms with Crippen molar-refractivity contribution in [2.24, 2.45) is 0 Å². The van der Waals surface area contributed by atoms with Crippen molar-refractivity contribution < 1.29 is 14.3 Å². The first-order valence-corrected chi connectivity index (χ1v) is 8.09. The lowest BCUT2D eigenvalue weighted by atomic mass is 10.0. The average Bonchev–Trinajstić information content (AvgIpc) is 3.07. The van der Waals surface area contributed by atoms with Crippen LogP contribution < -0.4 is 0 Å². The molecule has 0 aliphatic carbocycles. The zero-order valence-corrected chi connectivity index (χ0v) is 13.1. The van der Waals surface area contributed by atoms with Gasteiger partial charge in [-0.25, -0.2) is 9.78 Å². The lowest BCUT2D eigenvalue weighted by Crippen LogP contribution is -2.38. The molecule has 6 nitrogen and oxygen atoms in total. The van der Waals surface area contributed by atoms with Gasteiger partial charge in [-0.1, -0.05) is 0 Å². The van der Waals surface area contributed by atoms with Crippen LogP contribution in [0.4, 0.5) is 4.79 Å². The Morgan fingerprint density at radius 2 is 2.29 bits per heavy atom. The summed E-state index contributed by atoms with van der Waals surface area (Å²) in [4.78, 5) is 32.2. The molecule has 0 unspecified atom stereocenters. The second-order valence-electron chi connectivity index (χ2n) is 5.47. The van der Waals surface area contributed by atoms with E-state index in [1.807, 2.05) is 12.3 Å². The Bertz CT molecular complexity index is 535. The standard InChI is InChI=1S/C14H19N3O3S/c1-9(20-2)12-15-10(8-21-12)7-17-13(18)11-5-3-4-6-16(11)14(17)19/h8-9,11H,3-7H2,1-2H3/t9-,11+/m0/s1. The van der Waals surface area contributed by atoms with Gasteiger partial charge in [-0.3, -0.25) is 9.69 Å². The number of rotatable bonds is 4. The van der Waals surface area contributed by atoms with E-state index in [9.17, 15) is 9.59 Å². The van der Waals surface area contributed by atoms with Crippen LogP contribution in [0.1, 0.15) is 43.0 Å². The molecule has 2 saturated heterocycles. The number of fused-ring (bicyclic) bond motifs is 1. The maximum Gasteiger partial charge on any atom is 0.327 e. The van der Waals surface area contributed by atoms with Crippen molar-refractivity contribution in [3.8, 4) is 0 Å². The summed E-state index contributed by atoms with van der Waals surface area (Å²) >= 11 is 1.49. The molecular weight excluding hydrogens is 290 g/mol. The predicted octanol–water partition coefficient (Wildman–Crippen LogP) is 2.17. The summed E-state index contributed by atoms with van der Waals surface area (Å²) < 4.78 is 5.23. The molecule has 0 spiro atoms. The molecule has 2 aliphatic heterocycles. The van der Waals surface area contributed by atoms with Crippen molar-refractivity contribution in [3.05, 3.63) is 16.1 Å². The van der Waals surface area contributed by atoms with Gasteiger partial charge in [0.05, 0.1) is 12.2 Å². The molecule has 0 bridgehead atoms. The third kappa shape index (κ3) is 2.55. The highest BCUT2D eigenvalue weighted by atomic mass is 32.1. The number of urea groups is 1. The van der Waals surface area contributed by atoms with Gasteiger partial charge in [-0.15, -0.1) is 11.3 Å². The molecule has 114 valence electrons. The van der Waals surface area contributed by atoms with Crippen molar-refractivity contribution in [1.29, 1.82) is 0 Å². The van der Waals surface area contributed by atoms with E-state index in [0.717, 1.165) is 30.0 Å². The average molecular weight is 309 g/mol. The van der Waals surface area contributed by atoms with E-state index >= 15 is 0 Å². The van der Waals surface area contributed by atoms with Crippen molar-refractivity contribution in [2.75, 3.05) is 13.7 Å². The number of thiazole rings is 1. The van der Waals surface area contributed by atoms with E-state index < -0.39 is 0 Å². The molecule has 7 heteroatoms. The lowest BCUT2D eigenvalue weighted by molar-refractivity contribution is -0.129. The first kappa shape index (κ1) is 14.5. The molecule has 0 radical (unpaired) electrons. The van der Waals surface area contributed by atoms with E-state index in [1.165, 1.54) is 16.2 Å². The van der Waals surface area contributed by atoms with E-state index in [1.54, 1.807) is 12.0 Å². The summed E-state index contributed by atoms with van der Waals surface area (Å²) in [6.07, 6.45) is 2.71. The molecule has 2 fully saturated rings. The Balaban J connectivity index is 1.74. The number of imide groups is 1. The molecule has 1 aromatic heterocycles. The van der Waals surface area contributed by atoms with E-state index in [4.69, 9.17) is 4.74 Å². The highest BCUT2D eigenvalue weighted by Crippen LogP contribution is 2.28. The normalized spacial score (nSPS) is 23.6. The van der Waals surface area contributed by atoms with Crippen LogP contribution in [0.25, 0.3) is 0 Å². The zero-order chi connectivity index (χ0) is 15.0. The van der Waals surface area contributed by atoms with Gasteiger partial charge in [0.15, 0.2) is 0 Å². The summed E-state index contributed by atoms with van der Waals surface area (Å²) in [6.45, 7) is 2.88. The molecular formula is C14H19N3O3S. The van der Waals surface area contributed by atoms with Crippen molar-refractivity contribution in [1.82, 2.24) is 14.8 Å². The Kier molecular flexibility index (Phi) is 3.95. The zero-order valence-electron chi connectivity index (χ0n) is 12.2. The number of amides is 3. The summed E-state index contributed by atoms with van der Waals surface area (Å²) in [6, 6.07) is -0.415. The largest absolute Gasteiger partial charge is 0.375 e. The fraction of sp³-hybridized carbons (Fsp3) is 0.643. The Morgan fingerprint density at radius 3 is 3.00 bits per heavy atom. The Morgan fingerprint density at radius 1 is 1.48 bits per heavy atom. The number of aromatic nitrogens is 1. The van der Waals surface area contributed by atoms with Crippen LogP contribution in [0.3, 0.4) is 0 Å². The minimum atomic E-state index is -0.248. The van der Waals surface area contributed by atoms with Gasteiger partial charge in [0, 0.05) is 19.0 Å². The quantitative estimate of drug-likeness (QED) is 0.800. The first-order chi connectivity index (χ1) is 10.1. The number of hydrogen-bond acceptors (Lipinski definition) is 5. The van der Waals surface area contributed by atoms with Gasteiger partial charge in [0.25, 0.3) is 5.91 Å². The Hall–Kier alpha value is -1.47. The fourth-order valence-electron chi connectivity index (χ4n) is 2.84. The molecule has 3 heterocycles. The minimum Gasteiger partial charge on any atom is -0.375 e. The predicted molar refractivity (Wildman–Crippen MR) is 77.8 cm³/mol. The number of carbonyl (C=O) groups is 2. The topological polar surface area (TPSA) is 62.7 Å².